The minimum absolute atomic E-state index is 0.0454. The monoisotopic (exact) mass is 275 g/mol. The summed E-state index contributed by atoms with van der Waals surface area (Å²) >= 11 is 1.60. The van der Waals surface area contributed by atoms with Gasteiger partial charge in [-0.05, 0) is 0 Å². The summed E-state index contributed by atoms with van der Waals surface area (Å²) < 4.78 is 5.39. The number of hydrogen-bond acceptors (Lipinski definition) is 4. The van der Waals surface area contributed by atoms with Crippen molar-refractivity contribution in [1.82, 2.24) is 4.90 Å². The number of thioether (sulfide) groups is 1. The van der Waals surface area contributed by atoms with Crippen molar-refractivity contribution in [2.45, 2.75) is 38.0 Å². The van der Waals surface area contributed by atoms with E-state index in [1.54, 1.807) is 16.7 Å². The van der Waals surface area contributed by atoms with Crippen molar-refractivity contribution in [2.75, 3.05) is 25.4 Å². The molecular weight excluding hydrogens is 254 g/mol. The highest BCUT2D eigenvalue weighted by Gasteiger charge is 2.26. The minimum atomic E-state index is -0.890. The Morgan fingerprint density at radius 1 is 1.44 bits per heavy atom. The smallest absolute Gasteiger partial charge is 0.306 e. The van der Waals surface area contributed by atoms with Gasteiger partial charge in [-0.25, -0.2) is 0 Å². The zero-order valence-corrected chi connectivity index (χ0v) is 12.0. The van der Waals surface area contributed by atoms with Crippen LogP contribution < -0.4 is 0 Å². The highest BCUT2D eigenvalue weighted by molar-refractivity contribution is 8.01. The second kappa shape index (κ2) is 6.43. The predicted octanol–water partition coefficient (Wildman–Crippen LogP) is 1.22. The van der Waals surface area contributed by atoms with Crippen molar-refractivity contribution in [1.29, 1.82) is 0 Å². The van der Waals surface area contributed by atoms with E-state index in [1.165, 1.54) is 0 Å². The molecule has 18 heavy (non-hydrogen) atoms. The fraction of sp³-hybridized carbons (Fsp3) is 0.833. The number of hydrogen-bond donors (Lipinski definition) is 1. The number of carbonyl (C=O) groups excluding carboxylic acids is 1. The van der Waals surface area contributed by atoms with E-state index in [9.17, 15) is 9.59 Å². The van der Waals surface area contributed by atoms with Gasteiger partial charge in [-0.2, -0.15) is 0 Å². The molecule has 1 heterocycles. The molecule has 6 heteroatoms. The van der Waals surface area contributed by atoms with Gasteiger partial charge in [0.1, 0.15) is 0 Å². The van der Waals surface area contributed by atoms with Crippen LogP contribution in [0.25, 0.3) is 0 Å². The Hall–Kier alpha value is -0.750. The molecule has 0 saturated carbocycles. The number of rotatable bonds is 4. The third kappa shape index (κ3) is 5.73. The molecule has 104 valence electrons. The summed E-state index contributed by atoms with van der Waals surface area (Å²) in [6, 6.07) is 0. The number of ether oxygens (including phenoxy) is 1. The average molecular weight is 275 g/mol. The van der Waals surface area contributed by atoms with Gasteiger partial charge in [-0.3, -0.25) is 9.59 Å². The molecule has 0 aliphatic carbocycles. The Balaban J connectivity index is 2.41. The molecule has 1 aliphatic rings. The molecule has 1 N–H and O–H groups in total. The lowest BCUT2D eigenvalue weighted by atomic mass is 10.2. The van der Waals surface area contributed by atoms with Crippen LogP contribution in [-0.2, 0) is 14.3 Å². The lowest BCUT2D eigenvalue weighted by molar-refractivity contribution is -0.146. The van der Waals surface area contributed by atoms with Crippen molar-refractivity contribution in [2.24, 2.45) is 0 Å². The van der Waals surface area contributed by atoms with Gasteiger partial charge >= 0.3 is 5.97 Å². The highest BCUT2D eigenvalue weighted by Crippen LogP contribution is 2.23. The average Bonchev–Trinajstić information content (AvgIpc) is 2.24. The number of carbonyl (C=O) groups is 2. The Bertz CT molecular complexity index is 314. The molecule has 0 radical (unpaired) electrons. The predicted molar refractivity (Wildman–Crippen MR) is 70.8 cm³/mol. The van der Waals surface area contributed by atoms with Crippen LogP contribution >= 0.6 is 11.8 Å². The maximum absolute atomic E-state index is 12.0. The summed E-state index contributed by atoms with van der Waals surface area (Å²) in [5.41, 5.74) is 0. The number of carboxylic acids is 1. The molecule has 5 nitrogen and oxygen atoms in total. The number of morpholine rings is 1. The topological polar surface area (TPSA) is 66.8 Å². The second-order valence-corrected chi connectivity index (χ2v) is 7.13. The van der Waals surface area contributed by atoms with Crippen molar-refractivity contribution < 1.29 is 19.4 Å². The summed E-state index contributed by atoms with van der Waals surface area (Å²) in [6.45, 7) is 7.56. The molecule has 1 unspecified atom stereocenters. The van der Waals surface area contributed by atoms with Gasteiger partial charge in [-0.1, -0.05) is 20.8 Å². The maximum Gasteiger partial charge on any atom is 0.306 e. The summed E-state index contributed by atoms with van der Waals surface area (Å²) in [5.74, 6) is -0.393. The fourth-order valence-electron chi connectivity index (χ4n) is 1.63. The molecule has 0 bridgehead atoms. The van der Waals surface area contributed by atoms with E-state index in [0.29, 0.717) is 25.4 Å². The Morgan fingerprint density at radius 2 is 2.11 bits per heavy atom. The minimum Gasteiger partial charge on any atom is -0.481 e. The van der Waals surface area contributed by atoms with Crippen molar-refractivity contribution >= 4 is 23.6 Å². The van der Waals surface area contributed by atoms with E-state index >= 15 is 0 Å². The standard InChI is InChI=1S/C12H21NO4S/c1-12(2,3)18-8-10(14)13-4-5-17-9(7-13)6-11(15)16/h9H,4-8H2,1-3H3,(H,15,16). The SMILES string of the molecule is CC(C)(C)SCC(=O)N1CCOC(CC(=O)O)C1. The molecule has 1 aliphatic heterocycles. The summed E-state index contributed by atoms with van der Waals surface area (Å²) in [4.78, 5) is 24.3. The van der Waals surface area contributed by atoms with Crippen molar-refractivity contribution in [3.05, 3.63) is 0 Å². The van der Waals surface area contributed by atoms with Gasteiger partial charge in [0.25, 0.3) is 0 Å². The van der Waals surface area contributed by atoms with Crippen LogP contribution in [0, 0.1) is 0 Å². The third-order valence-electron chi connectivity index (χ3n) is 2.52. The number of carboxylic acid groups (broad SMARTS) is 1. The van der Waals surface area contributed by atoms with Gasteiger partial charge in [0, 0.05) is 17.8 Å². The van der Waals surface area contributed by atoms with Gasteiger partial charge in [0.15, 0.2) is 0 Å². The highest BCUT2D eigenvalue weighted by atomic mass is 32.2. The van der Waals surface area contributed by atoms with E-state index in [-0.39, 0.29) is 23.2 Å². The summed E-state index contributed by atoms with van der Waals surface area (Å²) in [5, 5.41) is 8.71. The first-order valence-electron chi connectivity index (χ1n) is 6.03. The Morgan fingerprint density at radius 3 is 2.67 bits per heavy atom. The number of nitrogens with zero attached hydrogens (tertiary/aromatic N) is 1. The van der Waals surface area contributed by atoms with Gasteiger partial charge < -0.3 is 14.7 Å². The second-order valence-electron chi connectivity index (χ2n) is 5.33. The third-order valence-corrected chi connectivity index (χ3v) is 3.78. The van der Waals surface area contributed by atoms with E-state index in [4.69, 9.17) is 9.84 Å². The molecule has 1 atom stereocenters. The van der Waals surface area contributed by atoms with Crippen LogP contribution in [0.15, 0.2) is 0 Å². The van der Waals surface area contributed by atoms with Crippen LogP contribution in [0.5, 0.6) is 0 Å². The largest absolute Gasteiger partial charge is 0.481 e. The Labute approximate surface area is 112 Å². The molecule has 0 spiro atoms. The molecule has 0 aromatic rings. The molecule has 0 aromatic carbocycles. The molecule has 1 amide bonds. The van der Waals surface area contributed by atoms with E-state index in [2.05, 4.69) is 20.8 Å². The zero-order chi connectivity index (χ0) is 13.8. The van der Waals surface area contributed by atoms with Crippen LogP contribution in [0.4, 0.5) is 0 Å². The van der Waals surface area contributed by atoms with Gasteiger partial charge in [0.05, 0.1) is 24.9 Å². The number of aliphatic carboxylic acids is 1. The van der Waals surface area contributed by atoms with E-state index in [1.807, 2.05) is 0 Å². The first-order chi connectivity index (χ1) is 8.28. The first kappa shape index (κ1) is 15.3. The maximum atomic E-state index is 12.0. The molecular formula is C12H21NO4S. The summed E-state index contributed by atoms with van der Waals surface area (Å²) in [6.07, 6.45) is -0.421. The van der Waals surface area contributed by atoms with Gasteiger partial charge in [-0.15, -0.1) is 11.8 Å². The molecule has 1 rings (SSSR count). The van der Waals surface area contributed by atoms with E-state index in [0.717, 1.165) is 0 Å². The quantitative estimate of drug-likeness (QED) is 0.835. The number of amides is 1. The van der Waals surface area contributed by atoms with Crippen LogP contribution in [0.1, 0.15) is 27.2 Å². The fourth-order valence-corrected chi connectivity index (χ4v) is 2.37. The van der Waals surface area contributed by atoms with Crippen molar-refractivity contribution in [3.63, 3.8) is 0 Å². The van der Waals surface area contributed by atoms with Crippen molar-refractivity contribution in [3.8, 4) is 0 Å². The van der Waals surface area contributed by atoms with Crippen LogP contribution in [-0.4, -0.2) is 58.2 Å². The zero-order valence-electron chi connectivity index (χ0n) is 11.1. The molecule has 1 fully saturated rings. The first-order valence-corrected chi connectivity index (χ1v) is 7.01. The normalized spacial score (nSPS) is 20.8. The van der Waals surface area contributed by atoms with Gasteiger partial charge in [0.2, 0.25) is 5.91 Å². The van der Waals surface area contributed by atoms with Crippen LogP contribution in [0.2, 0.25) is 0 Å². The summed E-state index contributed by atoms with van der Waals surface area (Å²) in [7, 11) is 0. The Kier molecular flexibility index (Phi) is 5.47. The lowest BCUT2D eigenvalue weighted by Crippen LogP contribution is -2.47. The van der Waals surface area contributed by atoms with Crippen LogP contribution in [0.3, 0.4) is 0 Å². The molecule has 1 saturated heterocycles. The lowest BCUT2D eigenvalue weighted by Gasteiger charge is -2.32. The molecule has 0 aromatic heterocycles. The van der Waals surface area contributed by atoms with E-state index < -0.39 is 5.97 Å².